The highest BCUT2D eigenvalue weighted by Gasteiger charge is 2.19. The summed E-state index contributed by atoms with van der Waals surface area (Å²) in [6, 6.07) is 5.73. The summed E-state index contributed by atoms with van der Waals surface area (Å²) in [5.74, 6) is 1.43. The maximum Gasteiger partial charge on any atom is 0.317 e. The van der Waals surface area contributed by atoms with E-state index in [9.17, 15) is 4.79 Å². The standard InChI is InChI=1S/C13H18N2O3/c1-3-18-12-8-10(4-5-11(12)17-2)9-15-7-6-14-13(15)16/h4-5,8H,3,6-7,9H2,1-2H3,(H,14,16). The lowest BCUT2D eigenvalue weighted by Gasteiger charge is -2.16. The number of ether oxygens (including phenoxy) is 2. The Morgan fingerprint density at radius 3 is 2.83 bits per heavy atom. The maximum absolute atomic E-state index is 11.5. The maximum atomic E-state index is 11.5. The summed E-state index contributed by atoms with van der Waals surface area (Å²) in [4.78, 5) is 13.2. The van der Waals surface area contributed by atoms with Crippen molar-refractivity contribution in [2.75, 3.05) is 26.8 Å². The van der Waals surface area contributed by atoms with Gasteiger partial charge < -0.3 is 19.7 Å². The molecule has 0 radical (unpaired) electrons. The number of carbonyl (C=O) groups excluding carboxylic acids is 1. The number of nitrogens with one attached hydrogen (secondary N) is 1. The van der Waals surface area contributed by atoms with Crippen LogP contribution in [0.15, 0.2) is 18.2 Å². The van der Waals surface area contributed by atoms with Crippen molar-refractivity contribution in [1.29, 1.82) is 0 Å². The largest absolute Gasteiger partial charge is 0.493 e. The molecule has 5 nitrogen and oxygen atoms in total. The van der Waals surface area contributed by atoms with Crippen molar-refractivity contribution in [1.82, 2.24) is 10.2 Å². The normalized spacial score (nSPS) is 14.6. The van der Waals surface area contributed by atoms with E-state index in [1.165, 1.54) is 0 Å². The number of nitrogens with zero attached hydrogens (tertiary/aromatic N) is 1. The van der Waals surface area contributed by atoms with Gasteiger partial charge in [0.05, 0.1) is 13.7 Å². The number of rotatable bonds is 5. The molecule has 1 aliphatic rings. The van der Waals surface area contributed by atoms with Gasteiger partial charge in [0.2, 0.25) is 0 Å². The van der Waals surface area contributed by atoms with E-state index in [0.717, 1.165) is 17.9 Å². The minimum atomic E-state index is -0.0104. The Morgan fingerprint density at radius 2 is 2.22 bits per heavy atom. The van der Waals surface area contributed by atoms with E-state index in [2.05, 4.69) is 5.32 Å². The molecule has 0 spiro atoms. The van der Waals surface area contributed by atoms with Crippen LogP contribution in [0, 0.1) is 0 Å². The Morgan fingerprint density at radius 1 is 1.39 bits per heavy atom. The molecule has 0 aromatic heterocycles. The molecule has 18 heavy (non-hydrogen) atoms. The second-order valence-electron chi connectivity index (χ2n) is 4.07. The number of hydrogen-bond donors (Lipinski definition) is 1. The van der Waals surface area contributed by atoms with E-state index in [4.69, 9.17) is 9.47 Å². The number of benzene rings is 1. The second-order valence-corrected chi connectivity index (χ2v) is 4.07. The summed E-state index contributed by atoms with van der Waals surface area (Å²) >= 11 is 0. The molecule has 1 fully saturated rings. The predicted octanol–water partition coefficient (Wildman–Crippen LogP) is 1.62. The molecule has 1 heterocycles. The van der Waals surface area contributed by atoms with E-state index < -0.39 is 0 Å². The van der Waals surface area contributed by atoms with Gasteiger partial charge in [0.25, 0.3) is 0 Å². The highest BCUT2D eigenvalue weighted by atomic mass is 16.5. The Balaban J connectivity index is 2.13. The van der Waals surface area contributed by atoms with Crippen LogP contribution in [0.5, 0.6) is 11.5 Å². The van der Waals surface area contributed by atoms with Crippen LogP contribution < -0.4 is 14.8 Å². The lowest BCUT2D eigenvalue weighted by Crippen LogP contribution is -2.27. The van der Waals surface area contributed by atoms with Crippen LogP contribution in [-0.4, -0.2) is 37.7 Å². The molecule has 0 bridgehead atoms. The first-order valence-electron chi connectivity index (χ1n) is 6.07. The van der Waals surface area contributed by atoms with Crippen LogP contribution in [0.25, 0.3) is 0 Å². The van der Waals surface area contributed by atoms with Gasteiger partial charge in [-0.2, -0.15) is 0 Å². The number of hydrogen-bond acceptors (Lipinski definition) is 3. The molecule has 1 saturated heterocycles. The minimum Gasteiger partial charge on any atom is -0.493 e. The smallest absolute Gasteiger partial charge is 0.317 e. The van der Waals surface area contributed by atoms with Gasteiger partial charge in [-0.3, -0.25) is 0 Å². The van der Waals surface area contributed by atoms with Crippen LogP contribution in [0.2, 0.25) is 0 Å². The highest BCUT2D eigenvalue weighted by molar-refractivity contribution is 5.76. The third-order valence-electron chi connectivity index (χ3n) is 2.85. The number of methoxy groups -OCH3 is 1. The number of amides is 2. The van der Waals surface area contributed by atoms with Crippen molar-refractivity contribution >= 4 is 6.03 Å². The van der Waals surface area contributed by atoms with Crippen LogP contribution in [0.1, 0.15) is 12.5 Å². The molecular formula is C13H18N2O3. The average Bonchev–Trinajstić information content (AvgIpc) is 2.76. The molecule has 2 rings (SSSR count). The number of carbonyl (C=O) groups is 1. The summed E-state index contributed by atoms with van der Waals surface area (Å²) in [7, 11) is 1.62. The fourth-order valence-corrected chi connectivity index (χ4v) is 1.97. The molecule has 98 valence electrons. The van der Waals surface area contributed by atoms with Crippen molar-refractivity contribution in [3.05, 3.63) is 23.8 Å². The first-order chi connectivity index (χ1) is 8.74. The lowest BCUT2D eigenvalue weighted by atomic mass is 10.2. The van der Waals surface area contributed by atoms with Crippen molar-refractivity contribution < 1.29 is 14.3 Å². The predicted molar refractivity (Wildman–Crippen MR) is 68.0 cm³/mol. The summed E-state index contributed by atoms with van der Waals surface area (Å²) < 4.78 is 10.7. The quantitative estimate of drug-likeness (QED) is 0.864. The number of urea groups is 1. The summed E-state index contributed by atoms with van der Waals surface area (Å²) in [6.45, 7) is 4.57. The van der Waals surface area contributed by atoms with Crippen LogP contribution >= 0.6 is 0 Å². The van der Waals surface area contributed by atoms with Gasteiger partial charge in [0.15, 0.2) is 11.5 Å². The SMILES string of the molecule is CCOc1cc(CN2CCNC2=O)ccc1OC. The third kappa shape index (κ3) is 2.67. The molecule has 0 atom stereocenters. The van der Waals surface area contributed by atoms with E-state index in [0.29, 0.717) is 25.4 Å². The van der Waals surface area contributed by atoms with Crippen LogP contribution in [0.4, 0.5) is 4.79 Å². The van der Waals surface area contributed by atoms with E-state index in [1.54, 1.807) is 12.0 Å². The Labute approximate surface area is 107 Å². The molecule has 1 N–H and O–H groups in total. The zero-order chi connectivity index (χ0) is 13.0. The molecule has 1 aliphatic heterocycles. The van der Waals surface area contributed by atoms with E-state index >= 15 is 0 Å². The van der Waals surface area contributed by atoms with Crippen molar-refractivity contribution in [2.45, 2.75) is 13.5 Å². The zero-order valence-corrected chi connectivity index (χ0v) is 10.7. The van der Waals surface area contributed by atoms with Gasteiger partial charge >= 0.3 is 6.03 Å². The second kappa shape index (κ2) is 5.62. The van der Waals surface area contributed by atoms with Crippen LogP contribution in [0.3, 0.4) is 0 Å². The first-order valence-corrected chi connectivity index (χ1v) is 6.07. The zero-order valence-electron chi connectivity index (χ0n) is 10.7. The first kappa shape index (κ1) is 12.5. The fourth-order valence-electron chi connectivity index (χ4n) is 1.97. The Kier molecular flexibility index (Phi) is 3.92. The lowest BCUT2D eigenvalue weighted by molar-refractivity contribution is 0.215. The van der Waals surface area contributed by atoms with Crippen molar-refractivity contribution in [3.8, 4) is 11.5 Å². The third-order valence-corrected chi connectivity index (χ3v) is 2.85. The van der Waals surface area contributed by atoms with Gasteiger partial charge in [0, 0.05) is 19.6 Å². The monoisotopic (exact) mass is 250 g/mol. The molecule has 0 unspecified atom stereocenters. The summed E-state index contributed by atoms with van der Waals surface area (Å²) in [5.41, 5.74) is 1.04. The molecule has 0 saturated carbocycles. The average molecular weight is 250 g/mol. The van der Waals surface area contributed by atoms with Crippen LogP contribution in [-0.2, 0) is 6.54 Å². The van der Waals surface area contributed by atoms with Gasteiger partial charge in [0.1, 0.15) is 0 Å². The van der Waals surface area contributed by atoms with Gasteiger partial charge in [-0.15, -0.1) is 0 Å². The minimum absolute atomic E-state index is 0.0104. The highest BCUT2D eigenvalue weighted by Crippen LogP contribution is 2.28. The molecule has 1 aromatic carbocycles. The van der Waals surface area contributed by atoms with Gasteiger partial charge in [-0.05, 0) is 24.6 Å². The van der Waals surface area contributed by atoms with Crippen molar-refractivity contribution in [3.63, 3.8) is 0 Å². The molecule has 1 aromatic rings. The van der Waals surface area contributed by atoms with E-state index in [1.807, 2.05) is 25.1 Å². The molecular weight excluding hydrogens is 232 g/mol. The van der Waals surface area contributed by atoms with Crippen molar-refractivity contribution in [2.24, 2.45) is 0 Å². The summed E-state index contributed by atoms with van der Waals surface area (Å²) in [6.07, 6.45) is 0. The topological polar surface area (TPSA) is 50.8 Å². The molecule has 2 amide bonds. The van der Waals surface area contributed by atoms with Gasteiger partial charge in [-0.1, -0.05) is 6.07 Å². The Bertz CT molecular complexity index is 434. The fraction of sp³-hybridized carbons (Fsp3) is 0.462. The van der Waals surface area contributed by atoms with Gasteiger partial charge in [-0.25, -0.2) is 4.79 Å². The molecule has 5 heteroatoms. The molecule has 0 aliphatic carbocycles. The summed E-state index contributed by atoms with van der Waals surface area (Å²) in [5, 5.41) is 2.78. The van der Waals surface area contributed by atoms with E-state index in [-0.39, 0.29) is 6.03 Å². The Hall–Kier alpha value is -1.91.